The predicted molar refractivity (Wildman–Crippen MR) is 110 cm³/mol. The van der Waals surface area contributed by atoms with E-state index in [9.17, 15) is 9.90 Å². The van der Waals surface area contributed by atoms with Gasteiger partial charge >= 0.3 is 5.97 Å². The molecular formula is C23H21ClO3. The van der Waals surface area contributed by atoms with Crippen LogP contribution in [0.15, 0.2) is 72.8 Å². The zero-order valence-electron chi connectivity index (χ0n) is 15.1. The SMILES string of the molecule is CC(CCl)COc1ccccc1-c1ccccc1-c1ccccc1C(=O)O. The number of carboxylic acid groups (broad SMARTS) is 1. The molecule has 1 unspecified atom stereocenters. The molecule has 0 aromatic heterocycles. The van der Waals surface area contributed by atoms with Gasteiger partial charge in [-0.15, -0.1) is 11.6 Å². The van der Waals surface area contributed by atoms with Gasteiger partial charge in [0.25, 0.3) is 0 Å². The number of ether oxygens (including phenoxy) is 1. The van der Waals surface area contributed by atoms with Crippen molar-refractivity contribution in [2.75, 3.05) is 12.5 Å². The van der Waals surface area contributed by atoms with Crippen LogP contribution in [-0.4, -0.2) is 23.6 Å². The van der Waals surface area contributed by atoms with Crippen LogP contribution in [0.5, 0.6) is 5.75 Å². The lowest BCUT2D eigenvalue weighted by Gasteiger charge is -2.17. The van der Waals surface area contributed by atoms with Crippen molar-refractivity contribution >= 4 is 17.6 Å². The molecule has 0 amide bonds. The number of para-hydroxylation sites is 1. The molecule has 138 valence electrons. The van der Waals surface area contributed by atoms with E-state index in [-0.39, 0.29) is 11.5 Å². The van der Waals surface area contributed by atoms with Gasteiger partial charge in [0.15, 0.2) is 0 Å². The van der Waals surface area contributed by atoms with Crippen molar-refractivity contribution in [3.63, 3.8) is 0 Å². The topological polar surface area (TPSA) is 46.5 Å². The number of benzene rings is 3. The molecule has 4 heteroatoms. The molecule has 0 spiro atoms. The summed E-state index contributed by atoms with van der Waals surface area (Å²) >= 11 is 5.89. The van der Waals surface area contributed by atoms with E-state index in [4.69, 9.17) is 16.3 Å². The fraction of sp³-hybridized carbons (Fsp3) is 0.174. The Kier molecular flexibility index (Phi) is 6.15. The zero-order valence-corrected chi connectivity index (χ0v) is 15.8. The van der Waals surface area contributed by atoms with E-state index in [1.807, 2.05) is 67.6 Å². The molecule has 0 saturated heterocycles. The number of carbonyl (C=O) groups is 1. The van der Waals surface area contributed by atoms with Gasteiger partial charge in [0.2, 0.25) is 0 Å². The summed E-state index contributed by atoms with van der Waals surface area (Å²) in [7, 11) is 0. The molecule has 0 aliphatic rings. The molecule has 0 heterocycles. The number of hydrogen-bond acceptors (Lipinski definition) is 2. The highest BCUT2D eigenvalue weighted by Crippen LogP contribution is 2.38. The molecule has 1 N–H and O–H groups in total. The average Bonchev–Trinajstić information content (AvgIpc) is 2.72. The van der Waals surface area contributed by atoms with Gasteiger partial charge in [-0.1, -0.05) is 67.6 Å². The molecule has 0 saturated carbocycles. The van der Waals surface area contributed by atoms with Gasteiger partial charge in [-0.05, 0) is 28.8 Å². The minimum atomic E-state index is -0.944. The lowest BCUT2D eigenvalue weighted by atomic mass is 9.91. The normalized spacial score (nSPS) is 11.8. The van der Waals surface area contributed by atoms with E-state index in [0.29, 0.717) is 18.1 Å². The first-order chi connectivity index (χ1) is 13.1. The Bertz CT molecular complexity index is 936. The summed E-state index contributed by atoms with van der Waals surface area (Å²) in [6.07, 6.45) is 0. The van der Waals surface area contributed by atoms with Crippen LogP contribution >= 0.6 is 11.6 Å². The first-order valence-corrected chi connectivity index (χ1v) is 9.35. The van der Waals surface area contributed by atoms with Gasteiger partial charge in [-0.25, -0.2) is 4.79 Å². The average molecular weight is 381 g/mol. The molecule has 3 aromatic rings. The Morgan fingerprint density at radius 2 is 1.41 bits per heavy atom. The van der Waals surface area contributed by atoms with E-state index in [1.165, 1.54) is 0 Å². The largest absolute Gasteiger partial charge is 0.493 e. The van der Waals surface area contributed by atoms with Crippen LogP contribution < -0.4 is 4.74 Å². The monoisotopic (exact) mass is 380 g/mol. The van der Waals surface area contributed by atoms with Crippen LogP contribution in [0, 0.1) is 5.92 Å². The number of halogens is 1. The highest BCUT2D eigenvalue weighted by atomic mass is 35.5. The molecular weight excluding hydrogens is 360 g/mol. The van der Waals surface area contributed by atoms with Crippen molar-refractivity contribution in [3.05, 3.63) is 78.4 Å². The quantitative estimate of drug-likeness (QED) is 0.513. The summed E-state index contributed by atoms with van der Waals surface area (Å²) in [6, 6.07) is 22.6. The Hall–Kier alpha value is -2.78. The van der Waals surface area contributed by atoms with Crippen LogP contribution in [0.3, 0.4) is 0 Å². The third-order valence-electron chi connectivity index (χ3n) is 4.34. The van der Waals surface area contributed by atoms with Crippen LogP contribution in [0.4, 0.5) is 0 Å². The van der Waals surface area contributed by atoms with E-state index < -0.39 is 5.97 Å². The maximum Gasteiger partial charge on any atom is 0.336 e. The third-order valence-corrected chi connectivity index (χ3v) is 4.87. The number of rotatable bonds is 7. The van der Waals surface area contributed by atoms with E-state index in [0.717, 1.165) is 22.4 Å². The van der Waals surface area contributed by atoms with Crippen LogP contribution in [0.1, 0.15) is 17.3 Å². The first-order valence-electron chi connectivity index (χ1n) is 8.81. The fourth-order valence-corrected chi connectivity index (χ4v) is 3.04. The third kappa shape index (κ3) is 4.32. The molecule has 0 fully saturated rings. The van der Waals surface area contributed by atoms with Crippen molar-refractivity contribution in [2.24, 2.45) is 5.92 Å². The van der Waals surface area contributed by atoms with Gasteiger partial charge < -0.3 is 9.84 Å². The van der Waals surface area contributed by atoms with Gasteiger partial charge in [-0.3, -0.25) is 0 Å². The highest BCUT2D eigenvalue weighted by Gasteiger charge is 2.16. The number of carboxylic acids is 1. The Morgan fingerprint density at radius 1 is 0.889 bits per heavy atom. The maximum absolute atomic E-state index is 11.7. The number of alkyl halides is 1. The molecule has 0 bridgehead atoms. The van der Waals surface area contributed by atoms with Gasteiger partial charge in [0.1, 0.15) is 5.75 Å². The van der Waals surface area contributed by atoms with Gasteiger partial charge in [-0.2, -0.15) is 0 Å². The van der Waals surface area contributed by atoms with Crippen molar-refractivity contribution in [2.45, 2.75) is 6.92 Å². The summed E-state index contributed by atoms with van der Waals surface area (Å²) in [6.45, 7) is 2.56. The molecule has 3 nitrogen and oxygen atoms in total. The standard InChI is InChI=1S/C23H21ClO3/c1-16(14-24)15-27-22-13-7-6-11-20(22)18-9-3-2-8-17(18)19-10-4-5-12-21(19)23(25)26/h2-13,16H,14-15H2,1H3,(H,25,26). The lowest BCUT2D eigenvalue weighted by molar-refractivity contribution is 0.0697. The molecule has 3 aromatic carbocycles. The van der Waals surface area contributed by atoms with Crippen LogP contribution in [0.25, 0.3) is 22.3 Å². The minimum absolute atomic E-state index is 0.239. The summed E-state index contributed by atoms with van der Waals surface area (Å²) < 4.78 is 6.01. The predicted octanol–water partition coefficient (Wildman–Crippen LogP) is 5.97. The van der Waals surface area contributed by atoms with E-state index in [2.05, 4.69) is 0 Å². The number of aromatic carboxylic acids is 1. The Balaban J connectivity index is 2.10. The Morgan fingerprint density at radius 3 is 2.04 bits per heavy atom. The lowest BCUT2D eigenvalue weighted by Crippen LogP contribution is -2.10. The summed E-state index contributed by atoms with van der Waals surface area (Å²) in [4.78, 5) is 11.7. The highest BCUT2D eigenvalue weighted by molar-refractivity contribution is 6.18. The molecule has 3 rings (SSSR count). The Labute approximate surface area is 164 Å². The maximum atomic E-state index is 11.7. The molecule has 27 heavy (non-hydrogen) atoms. The first kappa shape index (κ1) is 19.0. The van der Waals surface area contributed by atoms with Crippen molar-refractivity contribution in [1.82, 2.24) is 0 Å². The second kappa shape index (κ2) is 8.74. The smallest absolute Gasteiger partial charge is 0.336 e. The van der Waals surface area contributed by atoms with E-state index >= 15 is 0 Å². The molecule has 0 aliphatic carbocycles. The molecule has 0 radical (unpaired) electrons. The zero-order chi connectivity index (χ0) is 19.2. The van der Waals surface area contributed by atoms with Gasteiger partial charge in [0.05, 0.1) is 12.2 Å². The fourth-order valence-electron chi connectivity index (χ4n) is 2.95. The van der Waals surface area contributed by atoms with Gasteiger partial charge in [0, 0.05) is 17.4 Å². The van der Waals surface area contributed by atoms with Crippen molar-refractivity contribution < 1.29 is 14.6 Å². The summed E-state index contributed by atoms with van der Waals surface area (Å²) in [5.41, 5.74) is 3.68. The van der Waals surface area contributed by atoms with Crippen LogP contribution in [0.2, 0.25) is 0 Å². The van der Waals surface area contributed by atoms with E-state index in [1.54, 1.807) is 12.1 Å². The van der Waals surface area contributed by atoms with Crippen molar-refractivity contribution in [1.29, 1.82) is 0 Å². The summed E-state index contributed by atoms with van der Waals surface area (Å²) in [5.74, 6) is 0.586. The second-order valence-corrected chi connectivity index (χ2v) is 6.77. The van der Waals surface area contributed by atoms with Crippen molar-refractivity contribution in [3.8, 4) is 28.0 Å². The van der Waals surface area contributed by atoms with Crippen LogP contribution in [-0.2, 0) is 0 Å². The minimum Gasteiger partial charge on any atom is -0.493 e. The second-order valence-electron chi connectivity index (χ2n) is 6.46. The number of hydrogen-bond donors (Lipinski definition) is 1. The molecule has 1 atom stereocenters. The molecule has 0 aliphatic heterocycles. The summed E-state index contributed by atoms with van der Waals surface area (Å²) in [5, 5.41) is 9.58.